The van der Waals surface area contributed by atoms with E-state index in [0.717, 1.165) is 18.8 Å². The third-order valence-corrected chi connectivity index (χ3v) is 5.01. The van der Waals surface area contributed by atoms with Crippen LogP contribution in [0.25, 0.3) is 0 Å². The van der Waals surface area contributed by atoms with Gasteiger partial charge in [0, 0.05) is 32.1 Å². The van der Waals surface area contributed by atoms with E-state index in [2.05, 4.69) is 6.92 Å². The first-order chi connectivity index (χ1) is 10.2. The highest BCUT2D eigenvalue weighted by molar-refractivity contribution is 5.80. The summed E-state index contributed by atoms with van der Waals surface area (Å²) in [6.07, 6.45) is 7.13. The molecule has 2 amide bonds. The Hall–Kier alpha value is -1.10. The molecule has 1 aliphatic heterocycles. The quantitative estimate of drug-likeness (QED) is 0.831. The third kappa shape index (κ3) is 4.19. The molecule has 0 bridgehead atoms. The lowest BCUT2D eigenvalue weighted by atomic mass is 9.90. The van der Waals surface area contributed by atoms with E-state index in [4.69, 9.17) is 5.11 Å². The zero-order valence-electron chi connectivity index (χ0n) is 13.1. The summed E-state index contributed by atoms with van der Waals surface area (Å²) in [5.41, 5.74) is 0. The molecule has 2 rings (SSSR count). The van der Waals surface area contributed by atoms with Crippen molar-refractivity contribution in [2.75, 3.05) is 32.8 Å². The highest BCUT2D eigenvalue weighted by atomic mass is 16.3. The molecule has 1 aliphatic carbocycles. The molecule has 1 saturated carbocycles. The average molecular weight is 296 g/mol. The van der Waals surface area contributed by atoms with Crippen LogP contribution < -0.4 is 0 Å². The number of carbonyl (C=O) groups is 2. The maximum atomic E-state index is 12.6. The van der Waals surface area contributed by atoms with Crippen molar-refractivity contribution in [2.24, 2.45) is 11.8 Å². The molecule has 2 fully saturated rings. The molecule has 120 valence electrons. The minimum absolute atomic E-state index is 0.146. The van der Waals surface area contributed by atoms with E-state index in [0.29, 0.717) is 26.2 Å². The van der Waals surface area contributed by atoms with Crippen LogP contribution in [0.2, 0.25) is 0 Å². The number of rotatable bonds is 5. The van der Waals surface area contributed by atoms with Crippen molar-refractivity contribution in [1.82, 2.24) is 9.80 Å². The van der Waals surface area contributed by atoms with Gasteiger partial charge in [0.25, 0.3) is 0 Å². The van der Waals surface area contributed by atoms with Gasteiger partial charge in [-0.05, 0) is 18.8 Å². The summed E-state index contributed by atoms with van der Waals surface area (Å²) in [5.74, 6) is 0.907. The minimum atomic E-state index is -0.437. The fraction of sp³-hybridized carbons (Fsp3) is 0.875. The minimum Gasteiger partial charge on any atom is -0.387 e. The summed E-state index contributed by atoms with van der Waals surface area (Å²) >= 11 is 0. The Kier molecular flexibility index (Phi) is 6.03. The predicted molar refractivity (Wildman–Crippen MR) is 80.6 cm³/mol. The standard InChI is InChI=1S/C16H28N2O3/c1-2-14(11-13-5-3-4-6-13)16(21)18-9-7-17(8-10-18)15(20)12-19/h13-14,19H,2-12H2,1H3. The summed E-state index contributed by atoms with van der Waals surface area (Å²) in [7, 11) is 0. The molecule has 5 heteroatoms. The van der Waals surface area contributed by atoms with Crippen molar-refractivity contribution in [1.29, 1.82) is 0 Å². The van der Waals surface area contributed by atoms with Gasteiger partial charge in [0.15, 0.2) is 0 Å². The number of aliphatic hydroxyl groups excluding tert-OH is 1. The van der Waals surface area contributed by atoms with Gasteiger partial charge in [0.1, 0.15) is 6.61 Å². The zero-order chi connectivity index (χ0) is 15.2. The maximum Gasteiger partial charge on any atom is 0.248 e. The first-order valence-electron chi connectivity index (χ1n) is 8.33. The van der Waals surface area contributed by atoms with Gasteiger partial charge in [-0.1, -0.05) is 32.6 Å². The summed E-state index contributed by atoms with van der Waals surface area (Å²) in [6.45, 7) is 3.96. The number of hydrogen-bond donors (Lipinski definition) is 1. The topological polar surface area (TPSA) is 60.9 Å². The molecule has 0 aromatic rings. The monoisotopic (exact) mass is 296 g/mol. The molecular weight excluding hydrogens is 268 g/mol. The van der Waals surface area contributed by atoms with Crippen molar-refractivity contribution in [3.8, 4) is 0 Å². The number of amides is 2. The van der Waals surface area contributed by atoms with E-state index >= 15 is 0 Å². The Bertz CT molecular complexity index is 359. The molecule has 0 aromatic heterocycles. The van der Waals surface area contributed by atoms with Gasteiger partial charge in [0.05, 0.1) is 0 Å². The molecule has 1 N–H and O–H groups in total. The smallest absolute Gasteiger partial charge is 0.248 e. The van der Waals surface area contributed by atoms with Gasteiger partial charge in [-0.3, -0.25) is 9.59 Å². The van der Waals surface area contributed by atoms with E-state index in [1.807, 2.05) is 4.90 Å². The Labute approximate surface area is 127 Å². The van der Waals surface area contributed by atoms with Crippen LogP contribution in [0.5, 0.6) is 0 Å². The first-order valence-corrected chi connectivity index (χ1v) is 8.33. The highest BCUT2D eigenvalue weighted by Gasteiger charge is 2.30. The molecule has 1 atom stereocenters. The van der Waals surface area contributed by atoms with Gasteiger partial charge >= 0.3 is 0 Å². The number of hydrogen-bond acceptors (Lipinski definition) is 3. The Morgan fingerprint density at radius 3 is 2.19 bits per heavy atom. The van der Waals surface area contributed by atoms with E-state index in [1.165, 1.54) is 25.7 Å². The van der Waals surface area contributed by atoms with Crippen molar-refractivity contribution < 1.29 is 14.7 Å². The second-order valence-corrected chi connectivity index (χ2v) is 6.36. The largest absolute Gasteiger partial charge is 0.387 e. The predicted octanol–water partition coefficient (Wildman–Crippen LogP) is 1.26. The van der Waals surface area contributed by atoms with Crippen molar-refractivity contribution in [2.45, 2.75) is 45.4 Å². The number of aliphatic hydroxyl groups is 1. The van der Waals surface area contributed by atoms with Gasteiger partial charge in [0.2, 0.25) is 11.8 Å². The lowest BCUT2D eigenvalue weighted by Gasteiger charge is -2.36. The van der Waals surface area contributed by atoms with E-state index in [1.54, 1.807) is 4.90 Å². The maximum absolute atomic E-state index is 12.6. The number of carbonyl (C=O) groups excluding carboxylic acids is 2. The Morgan fingerprint density at radius 1 is 1.10 bits per heavy atom. The summed E-state index contributed by atoms with van der Waals surface area (Å²) in [5, 5.41) is 8.88. The fourth-order valence-electron chi connectivity index (χ4n) is 3.62. The normalized spacial score (nSPS) is 21.6. The molecule has 0 radical (unpaired) electrons. The van der Waals surface area contributed by atoms with Gasteiger partial charge < -0.3 is 14.9 Å². The van der Waals surface area contributed by atoms with Crippen LogP contribution in [0.4, 0.5) is 0 Å². The van der Waals surface area contributed by atoms with E-state index in [-0.39, 0.29) is 17.7 Å². The van der Waals surface area contributed by atoms with Crippen molar-refractivity contribution in [3.63, 3.8) is 0 Å². The van der Waals surface area contributed by atoms with Crippen LogP contribution in [0.3, 0.4) is 0 Å². The van der Waals surface area contributed by atoms with E-state index in [9.17, 15) is 9.59 Å². The fourth-order valence-corrected chi connectivity index (χ4v) is 3.62. The summed E-state index contributed by atoms with van der Waals surface area (Å²) < 4.78 is 0. The van der Waals surface area contributed by atoms with Crippen LogP contribution in [-0.4, -0.2) is 59.5 Å². The van der Waals surface area contributed by atoms with Crippen LogP contribution in [-0.2, 0) is 9.59 Å². The molecule has 2 aliphatic rings. The average Bonchev–Trinajstić information content (AvgIpc) is 3.04. The van der Waals surface area contributed by atoms with Crippen LogP contribution >= 0.6 is 0 Å². The molecule has 5 nitrogen and oxygen atoms in total. The number of nitrogens with zero attached hydrogens (tertiary/aromatic N) is 2. The van der Waals surface area contributed by atoms with Crippen LogP contribution in [0.1, 0.15) is 45.4 Å². The molecular formula is C16H28N2O3. The Morgan fingerprint density at radius 2 is 1.67 bits per heavy atom. The lowest BCUT2D eigenvalue weighted by Crippen LogP contribution is -2.52. The third-order valence-electron chi connectivity index (χ3n) is 5.01. The molecule has 0 spiro atoms. The first kappa shape index (κ1) is 16.3. The van der Waals surface area contributed by atoms with Crippen molar-refractivity contribution in [3.05, 3.63) is 0 Å². The van der Waals surface area contributed by atoms with Gasteiger partial charge in [-0.2, -0.15) is 0 Å². The molecule has 1 unspecified atom stereocenters. The van der Waals surface area contributed by atoms with E-state index < -0.39 is 6.61 Å². The second-order valence-electron chi connectivity index (χ2n) is 6.36. The number of piperazine rings is 1. The van der Waals surface area contributed by atoms with Crippen LogP contribution in [0.15, 0.2) is 0 Å². The summed E-state index contributed by atoms with van der Waals surface area (Å²) in [4.78, 5) is 27.6. The van der Waals surface area contributed by atoms with Crippen LogP contribution in [0, 0.1) is 11.8 Å². The molecule has 21 heavy (non-hydrogen) atoms. The second kappa shape index (κ2) is 7.78. The molecule has 1 saturated heterocycles. The zero-order valence-corrected chi connectivity index (χ0v) is 13.1. The van der Waals surface area contributed by atoms with Gasteiger partial charge in [-0.15, -0.1) is 0 Å². The highest BCUT2D eigenvalue weighted by Crippen LogP contribution is 2.32. The Balaban J connectivity index is 1.83. The summed E-state index contributed by atoms with van der Waals surface area (Å²) in [6, 6.07) is 0. The van der Waals surface area contributed by atoms with Crippen molar-refractivity contribution >= 4 is 11.8 Å². The van der Waals surface area contributed by atoms with Gasteiger partial charge in [-0.25, -0.2) is 0 Å². The lowest BCUT2D eigenvalue weighted by molar-refractivity contribution is -0.143. The SMILES string of the molecule is CCC(CC1CCCC1)C(=O)N1CCN(C(=O)CO)CC1. The molecule has 1 heterocycles. The molecule has 0 aromatic carbocycles.